The molecule has 0 saturated heterocycles. The standard InChI is InChI=1S/C46H37N5/c1-29-45(2)40-22-23-41(45)26-46(29,25-40)39-20-18-34(19-21-39)37-4-3-5-38(24-37)44-50-42(35-12-8-31(28-48)9-13-35)49-43(51-44)36-16-14-33(15-17-36)32-10-6-30(27-47)7-11-32/h3-21,24,29,40-41H,22-23,25-26H2,1-2H3/t29-,40-,41+,45?,46?/m0/s1. The Hall–Kier alpha value is -5.91. The summed E-state index contributed by atoms with van der Waals surface area (Å²) in [5.41, 5.74) is 10.6. The predicted molar refractivity (Wildman–Crippen MR) is 201 cm³/mol. The maximum absolute atomic E-state index is 9.37. The molecule has 51 heavy (non-hydrogen) atoms. The van der Waals surface area contributed by atoms with E-state index in [2.05, 4.69) is 86.6 Å². The van der Waals surface area contributed by atoms with Gasteiger partial charge in [-0.2, -0.15) is 10.5 Å². The van der Waals surface area contributed by atoms with Crippen LogP contribution in [0.25, 0.3) is 56.4 Å². The average molecular weight is 660 g/mol. The van der Waals surface area contributed by atoms with E-state index in [0.717, 1.165) is 51.1 Å². The smallest absolute Gasteiger partial charge is 0.164 e. The van der Waals surface area contributed by atoms with Crippen molar-refractivity contribution in [3.63, 3.8) is 0 Å². The number of benzene rings is 5. The van der Waals surface area contributed by atoms with Gasteiger partial charge in [0.2, 0.25) is 0 Å². The van der Waals surface area contributed by atoms with E-state index in [4.69, 9.17) is 15.0 Å². The van der Waals surface area contributed by atoms with Crippen LogP contribution >= 0.6 is 0 Å². The van der Waals surface area contributed by atoms with Gasteiger partial charge in [-0.1, -0.05) is 92.7 Å². The van der Waals surface area contributed by atoms with Crippen LogP contribution in [0.5, 0.6) is 0 Å². The van der Waals surface area contributed by atoms with Crippen molar-refractivity contribution in [3.05, 3.63) is 138 Å². The molecule has 6 aromatic rings. The SMILES string of the molecule is C[C@@H]1C2(c3ccc(-c4cccc(-c5nc(-c6ccc(C#N)cc6)nc(-c6ccc(-c7ccc(C#N)cc7)cc6)n5)c4)cc3)C[C@H]3CC[C@@H](C2)C31C. The lowest BCUT2D eigenvalue weighted by molar-refractivity contribution is 0.166. The van der Waals surface area contributed by atoms with Crippen LogP contribution in [0.3, 0.4) is 0 Å². The van der Waals surface area contributed by atoms with Gasteiger partial charge in [0.1, 0.15) is 0 Å². The molecule has 3 saturated carbocycles. The first-order chi connectivity index (χ1) is 24.9. The minimum Gasteiger partial charge on any atom is -0.208 e. The molecular weight excluding hydrogens is 623 g/mol. The highest BCUT2D eigenvalue weighted by Crippen LogP contribution is 2.75. The topological polar surface area (TPSA) is 86.2 Å². The van der Waals surface area contributed by atoms with Gasteiger partial charge in [0.15, 0.2) is 17.5 Å². The number of hydrogen-bond acceptors (Lipinski definition) is 5. The molecule has 3 aliphatic rings. The number of rotatable bonds is 6. The van der Waals surface area contributed by atoms with E-state index in [1.165, 1.54) is 36.8 Å². The van der Waals surface area contributed by atoms with Crippen LogP contribution in [0.4, 0.5) is 0 Å². The summed E-state index contributed by atoms with van der Waals surface area (Å²) in [6.45, 7) is 5.11. The van der Waals surface area contributed by atoms with Crippen molar-refractivity contribution in [2.75, 3.05) is 0 Å². The molecule has 0 spiro atoms. The highest BCUT2D eigenvalue weighted by Gasteiger charge is 2.69. The molecule has 2 unspecified atom stereocenters. The van der Waals surface area contributed by atoms with Crippen molar-refractivity contribution in [1.29, 1.82) is 10.5 Å². The summed E-state index contributed by atoms with van der Waals surface area (Å²) in [5, 5.41) is 18.6. The fraction of sp³-hybridized carbons (Fsp3) is 0.239. The number of aromatic nitrogens is 3. The Kier molecular flexibility index (Phi) is 7.23. The van der Waals surface area contributed by atoms with Crippen LogP contribution in [-0.2, 0) is 5.41 Å². The van der Waals surface area contributed by atoms with Crippen LogP contribution in [0, 0.1) is 45.8 Å². The van der Waals surface area contributed by atoms with Gasteiger partial charge in [-0.05, 0) is 125 Å². The zero-order valence-corrected chi connectivity index (χ0v) is 28.8. The molecule has 3 aliphatic carbocycles. The van der Waals surface area contributed by atoms with E-state index in [0.29, 0.717) is 39.4 Å². The van der Waals surface area contributed by atoms with Gasteiger partial charge in [-0.15, -0.1) is 0 Å². The first-order valence-corrected chi connectivity index (χ1v) is 18.0. The largest absolute Gasteiger partial charge is 0.208 e. The molecule has 5 heteroatoms. The molecule has 246 valence electrons. The normalized spacial score (nSPS) is 24.3. The van der Waals surface area contributed by atoms with Crippen molar-refractivity contribution in [1.82, 2.24) is 15.0 Å². The van der Waals surface area contributed by atoms with Crippen molar-refractivity contribution in [2.45, 2.75) is 44.9 Å². The van der Waals surface area contributed by atoms with Crippen molar-refractivity contribution in [3.8, 4) is 68.6 Å². The predicted octanol–water partition coefficient (Wildman–Crippen LogP) is 10.7. The maximum atomic E-state index is 9.37. The monoisotopic (exact) mass is 659 g/mol. The highest BCUT2D eigenvalue weighted by atomic mass is 15.0. The Labute approximate surface area is 299 Å². The molecule has 1 aromatic heterocycles. The Balaban J connectivity index is 1.06. The van der Waals surface area contributed by atoms with Crippen molar-refractivity contribution in [2.24, 2.45) is 23.2 Å². The van der Waals surface area contributed by atoms with E-state index in [1.807, 2.05) is 48.5 Å². The number of fused-ring (bicyclic) bond motifs is 1. The molecule has 2 bridgehead atoms. The quantitative estimate of drug-likeness (QED) is 0.178. The summed E-state index contributed by atoms with van der Waals surface area (Å²) in [6, 6.07) is 45.3. The summed E-state index contributed by atoms with van der Waals surface area (Å²) in [5.74, 6) is 4.20. The molecule has 5 aromatic carbocycles. The van der Waals surface area contributed by atoms with E-state index in [9.17, 15) is 10.5 Å². The second-order valence-corrected chi connectivity index (χ2v) is 15.0. The van der Waals surface area contributed by atoms with Crippen LogP contribution in [0.15, 0.2) is 121 Å². The van der Waals surface area contributed by atoms with Gasteiger partial charge in [-0.25, -0.2) is 15.0 Å². The molecule has 0 aliphatic heterocycles. The third-order valence-corrected chi connectivity index (χ3v) is 12.9. The molecule has 9 rings (SSSR count). The van der Waals surface area contributed by atoms with E-state index in [-0.39, 0.29) is 0 Å². The van der Waals surface area contributed by atoms with Crippen LogP contribution < -0.4 is 0 Å². The lowest BCUT2D eigenvalue weighted by Gasteiger charge is -2.33. The fourth-order valence-corrected chi connectivity index (χ4v) is 9.94. The van der Waals surface area contributed by atoms with Crippen molar-refractivity contribution < 1.29 is 0 Å². The molecule has 0 radical (unpaired) electrons. The second-order valence-electron chi connectivity index (χ2n) is 15.0. The number of nitrogens with zero attached hydrogens (tertiary/aromatic N) is 5. The third-order valence-electron chi connectivity index (χ3n) is 12.9. The van der Waals surface area contributed by atoms with Gasteiger partial charge in [0.25, 0.3) is 0 Å². The molecular formula is C46H37N5. The Bertz CT molecular complexity index is 2350. The highest BCUT2D eigenvalue weighted by molar-refractivity contribution is 5.74. The van der Waals surface area contributed by atoms with Gasteiger partial charge in [0.05, 0.1) is 23.3 Å². The van der Waals surface area contributed by atoms with Gasteiger partial charge >= 0.3 is 0 Å². The van der Waals surface area contributed by atoms with Crippen molar-refractivity contribution >= 4 is 0 Å². The van der Waals surface area contributed by atoms with Gasteiger partial charge in [0, 0.05) is 16.7 Å². The van der Waals surface area contributed by atoms with Crippen LogP contribution in [0.2, 0.25) is 0 Å². The summed E-state index contributed by atoms with van der Waals surface area (Å²) >= 11 is 0. The average Bonchev–Trinajstić information content (AvgIpc) is 3.61. The lowest BCUT2D eigenvalue weighted by atomic mass is 9.72. The summed E-state index contributed by atoms with van der Waals surface area (Å²) in [7, 11) is 0. The molecule has 0 amide bonds. The minimum atomic E-state index is 0.324. The van der Waals surface area contributed by atoms with E-state index in [1.54, 1.807) is 12.1 Å². The maximum Gasteiger partial charge on any atom is 0.164 e. The Morgan fingerprint density at radius 3 is 1.45 bits per heavy atom. The second kappa shape index (κ2) is 11.9. The number of hydrogen-bond donors (Lipinski definition) is 0. The van der Waals surface area contributed by atoms with Crippen LogP contribution in [-0.4, -0.2) is 15.0 Å². The molecule has 3 fully saturated rings. The number of nitriles is 2. The summed E-state index contributed by atoms with van der Waals surface area (Å²) in [6.07, 6.45) is 5.51. The van der Waals surface area contributed by atoms with E-state index < -0.39 is 0 Å². The zero-order valence-electron chi connectivity index (χ0n) is 28.8. The third kappa shape index (κ3) is 4.99. The molecule has 0 N–H and O–H groups in total. The fourth-order valence-electron chi connectivity index (χ4n) is 9.94. The zero-order chi connectivity index (χ0) is 34.7. The molecule has 5 nitrogen and oxygen atoms in total. The summed E-state index contributed by atoms with van der Waals surface area (Å²) in [4.78, 5) is 14.9. The lowest BCUT2D eigenvalue weighted by Crippen LogP contribution is -2.26. The first kappa shape index (κ1) is 31.1. The van der Waals surface area contributed by atoms with Gasteiger partial charge < -0.3 is 0 Å². The van der Waals surface area contributed by atoms with Gasteiger partial charge in [-0.3, -0.25) is 0 Å². The van der Waals surface area contributed by atoms with Crippen LogP contribution in [0.1, 0.15) is 56.2 Å². The first-order valence-electron chi connectivity index (χ1n) is 18.0. The Morgan fingerprint density at radius 2 is 0.941 bits per heavy atom. The molecule has 5 atom stereocenters. The van der Waals surface area contributed by atoms with E-state index >= 15 is 0 Å². The minimum absolute atomic E-state index is 0.324. The molecule has 1 heterocycles. The summed E-state index contributed by atoms with van der Waals surface area (Å²) < 4.78 is 0. The Morgan fingerprint density at radius 1 is 0.529 bits per heavy atom.